The van der Waals surface area contributed by atoms with Crippen molar-refractivity contribution < 1.29 is 26.5 Å². The van der Waals surface area contributed by atoms with Crippen molar-refractivity contribution in [2.75, 3.05) is 44.2 Å². The van der Waals surface area contributed by atoms with Crippen LogP contribution in [0.15, 0.2) is 29.2 Å². The highest BCUT2D eigenvalue weighted by Crippen LogP contribution is 2.19. The number of aliphatic hydroxyl groups excluding tert-OH is 1. The second kappa shape index (κ2) is 7.33. The Morgan fingerprint density at radius 2 is 1.58 bits per heavy atom. The van der Waals surface area contributed by atoms with Gasteiger partial charge in [-0.15, -0.1) is 0 Å². The molecule has 1 atom stereocenters. The fraction of sp³-hybridized carbons (Fsp3) is 0.538. The van der Waals surface area contributed by atoms with Crippen molar-refractivity contribution in [3.63, 3.8) is 0 Å². The van der Waals surface area contributed by atoms with Gasteiger partial charge in [-0.1, -0.05) is 0 Å². The molecule has 11 heteroatoms. The molecule has 0 radical (unpaired) electrons. The Labute approximate surface area is 141 Å². The Kier molecular flexibility index (Phi) is 5.83. The number of nitrogens with two attached hydrogens (primary N) is 1. The predicted octanol–water partition coefficient (Wildman–Crippen LogP) is -1.18. The van der Waals surface area contributed by atoms with Crippen LogP contribution >= 0.6 is 0 Å². The zero-order chi connectivity index (χ0) is 18.0. The van der Waals surface area contributed by atoms with E-state index >= 15 is 0 Å². The highest BCUT2D eigenvalue weighted by Gasteiger charge is 2.29. The van der Waals surface area contributed by atoms with E-state index in [1.807, 2.05) is 0 Å². The first-order valence-electron chi connectivity index (χ1n) is 7.29. The number of hydrogen-bond acceptors (Lipinski definition) is 7. The number of β-amino-alcohol motifs (C(OH)–C–C–N with tert-alkyl or cyclic N) is 1. The van der Waals surface area contributed by atoms with Gasteiger partial charge in [-0.05, 0) is 24.3 Å². The summed E-state index contributed by atoms with van der Waals surface area (Å²) in [5, 5.41) is 9.64. The van der Waals surface area contributed by atoms with Crippen LogP contribution in [0.4, 0.5) is 5.69 Å². The van der Waals surface area contributed by atoms with Gasteiger partial charge in [-0.2, -0.15) is 12.7 Å². The van der Waals surface area contributed by atoms with Crippen LogP contribution in [-0.4, -0.2) is 80.3 Å². The smallest absolute Gasteiger partial charge is 0.267 e. The topological polar surface area (TPSA) is 141 Å². The molecule has 0 spiro atoms. The van der Waals surface area contributed by atoms with Crippen molar-refractivity contribution in [2.24, 2.45) is 0 Å². The largest absolute Gasteiger partial charge is 0.399 e. The zero-order valence-corrected chi connectivity index (χ0v) is 14.6. The number of benzene rings is 1. The Bertz CT molecular complexity index is 755. The Morgan fingerprint density at radius 3 is 2.08 bits per heavy atom. The van der Waals surface area contributed by atoms with Gasteiger partial charge in [0.2, 0.25) is 10.0 Å². The van der Waals surface area contributed by atoms with E-state index in [0.717, 1.165) is 0 Å². The molecule has 0 aromatic heterocycles. The van der Waals surface area contributed by atoms with E-state index in [1.165, 1.54) is 28.6 Å². The monoisotopic (exact) mass is 379 g/mol. The Morgan fingerprint density at radius 1 is 1.04 bits per heavy atom. The molecule has 0 saturated carbocycles. The third-order valence-electron chi connectivity index (χ3n) is 3.72. The molecule has 1 aliphatic heterocycles. The average Bonchev–Trinajstić information content (AvgIpc) is 2.46. The number of nitrogens with zero attached hydrogens (tertiary/aromatic N) is 2. The van der Waals surface area contributed by atoms with Crippen LogP contribution in [0.5, 0.6) is 0 Å². The summed E-state index contributed by atoms with van der Waals surface area (Å²) >= 11 is 0. The lowest BCUT2D eigenvalue weighted by Gasteiger charge is -2.34. The zero-order valence-electron chi connectivity index (χ0n) is 12.9. The molecule has 1 aromatic rings. The van der Waals surface area contributed by atoms with E-state index in [2.05, 4.69) is 0 Å². The highest BCUT2D eigenvalue weighted by atomic mass is 32.2. The molecule has 1 saturated heterocycles. The van der Waals surface area contributed by atoms with Crippen LogP contribution in [0, 0.1) is 0 Å². The van der Waals surface area contributed by atoms with Crippen LogP contribution in [0.2, 0.25) is 0 Å². The summed E-state index contributed by atoms with van der Waals surface area (Å²) in [6, 6.07) is 5.95. The lowest BCUT2D eigenvalue weighted by atomic mass is 10.3. The van der Waals surface area contributed by atoms with E-state index in [4.69, 9.17) is 10.3 Å². The van der Waals surface area contributed by atoms with Crippen LogP contribution < -0.4 is 5.73 Å². The number of sulfonamides is 1. The first kappa shape index (κ1) is 19.1. The molecular formula is C13H21N3O6S2. The molecule has 1 heterocycles. The summed E-state index contributed by atoms with van der Waals surface area (Å²) in [6.45, 7) is 1.22. The molecule has 1 fully saturated rings. The summed E-state index contributed by atoms with van der Waals surface area (Å²) < 4.78 is 56.5. The maximum absolute atomic E-state index is 12.5. The van der Waals surface area contributed by atoms with Gasteiger partial charge in [0.05, 0.1) is 11.0 Å². The third kappa shape index (κ3) is 5.13. The van der Waals surface area contributed by atoms with Gasteiger partial charge >= 0.3 is 0 Å². The molecule has 4 N–H and O–H groups in total. The quantitative estimate of drug-likeness (QED) is 0.414. The second-order valence-corrected chi connectivity index (χ2v) is 9.11. The van der Waals surface area contributed by atoms with Gasteiger partial charge in [0.1, 0.15) is 5.75 Å². The molecule has 24 heavy (non-hydrogen) atoms. The molecule has 136 valence electrons. The summed E-state index contributed by atoms with van der Waals surface area (Å²) in [5.74, 6) is -0.739. The second-order valence-electron chi connectivity index (χ2n) is 5.68. The lowest BCUT2D eigenvalue weighted by Crippen LogP contribution is -2.50. The number of piperazine rings is 1. The van der Waals surface area contributed by atoms with Gasteiger partial charge in [0.15, 0.2) is 0 Å². The van der Waals surface area contributed by atoms with Gasteiger partial charge in [-0.25, -0.2) is 8.42 Å². The van der Waals surface area contributed by atoms with Gasteiger partial charge in [-0.3, -0.25) is 9.45 Å². The highest BCUT2D eigenvalue weighted by molar-refractivity contribution is 7.89. The summed E-state index contributed by atoms with van der Waals surface area (Å²) in [6.07, 6.45) is -1.22. The van der Waals surface area contributed by atoms with Crippen LogP contribution in [0.3, 0.4) is 0 Å². The van der Waals surface area contributed by atoms with Crippen molar-refractivity contribution in [3.8, 4) is 0 Å². The maximum Gasteiger partial charge on any atom is 0.267 e. The van der Waals surface area contributed by atoms with Crippen molar-refractivity contribution in [2.45, 2.75) is 11.0 Å². The number of anilines is 1. The van der Waals surface area contributed by atoms with Crippen LogP contribution in [0.1, 0.15) is 0 Å². The van der Waals surface area contributed by atoms with Gasteiger partial charge in [0.25, 0.3) is 10.1 Å². The van der Waals surface area contributed by atoms with Crippen molar-refractivity contribution in [1.29, 1.82) is 0 Å². The molecule has 1 aromatic carbocycles. The minimum atomic E-state index is -4.24. The van der Waals surface area contributed by atoms with Crippen molar-refractivity contribution in [3.05, 3.63) is 24.3 Å². The van der Waals surface area contributed by atoms with Crippen molar-refractivity contribution >= 4 is 25.8 Å². The minimum absolute atomic E-state index is 0.0511. The summed E-state index contributed by atoms with van der Waals surface area (Å²) in [7, 11) is -7.85. The van der Waals surface area contributed by atoms with E-state index in [1.54, 1.807) is 4.90 Å². The first-order chi connectivity index (χ1) is 11.1. The number of rotatable bonds is 6. The minimum Gasteiger partial charge on any atom is -0.399 e. The van der Waals surface area contributed by atoms with E-state index in [9.17, 15) is 21.9 Å². The van der Waals surface area contributed by atoms with Crippen LogP contribution in [0.25, 0.3) is 0 Å². The molecule has 1 unspecified atom stereocenters. The summed E-state index contributed by atoms with van der Waals surface area (Å²) in [5.41, 5.74) is 6.04. The van der Waals surface area contributed by atoms with Gasteiger partial charge < -0.3 is 10.8 Å². The van der Waals surface area contributed by atoms with E-state index in [0.29, 0.717) is 18.8 Å². The Hall–Kier alpha value is -1.24. The van der Waals surface area contributed by atoms with E-state index in [-0.39, 0.29) is 24.5 Å². The lowest BCUT2D eigenvalue weighted by molar-refractivity contribution is 0.104. The van der Waals surface area contributed by atoms with E-state index < -0.39 is 32.0 Å². The number of aliphatic hydroxyl groups is 1. The average molecular weight is 379 g/mol. The van der Waals surface area contributed by atoms with Gasteiger partial charge in [0, 0.05) is 38.4 Å². The molecule has 2 rings (SSSR count). The standard InChI is InChI=1S/C13H21N3O6S2/c14-11-1-3-13(4-2-11)24(21,22)16-7-5-15(6-8-16)9-12(17)10-23(18,19)20/h1-4,12,17H,5-10,14H2,(H,18,19,20). The predicted molar refractivity (Wildman–Crippen MR) is 88.5 cm³/mol. The molecule has 0 aliphatic carbocycles. The molecule has 1 aliphatic rings. The maximum atomic E-state index is 12.5. The normalized spacial score (nSPS) is 19.2. The molecule has 0 bridgehead atoms. The molecular weight excluding hydrogens is 358 g/mol. The first-order valence-corrected chi connectivity index (χ1v) is 10.3. The summed E-state index contributed by atoms with van der Waals surface area (Å²) in [4.78, 5) is 1.92. The molecule has 0 amide bonds. The SMILES string of the molecule is Nc1ccc(S(=O)(=O)N2CCN(CC(O)CS(=O)(=O)O)CC2)cc1. The fourth-order valence-corrected chi connectivity index (χ4v) is 4.55. The number of nitrogen functional groups attached to an aromatic ring is 1. The third-order valence-corrected chi connectivity index (χ3v) is 6.44. The fourth-order valence-electron chi connectivity index (χ4n) is 2.54. The Balaban J connectivity index is 1.93. The number of hydrogen-bond donors (Lipinski definition) is 3. The molecule has 9 nitrogen and oxygen atoms in total. The van der Waals surface area contributed by atoms with Crippen LogP contribution in [-0.2, 0) is 20.1 Å². The van der Waals surface area contributed by atoms with Crippen molar-refractivity contribution in [1.82, 2.24) is 9.21 Å².